The fraction of sp³-hybridized carbons (Fsp3) is 0. The lowest BCUT2D eigenvalue weighted by molar-refractivity contribution is 0.375. The van der Waals surface area contributed by atoms with Gasteiger partial charge in [0, 0.05) is 14.0 Å². The summed E-state index contributed by atoms with van der Waals surface area (Å²) < 4.78 is 29.9. The molecule has 0 bridgehead atoms. The summed E-state index contributed by atoms with van der Waals surface area (Å²) in [4.78, 5) is 10.9. The Kier molecular flexibility index (Phi) is 4.79. The van der Waals surface area contributed by atoms with Crippen molar-refractivity contribution in [3.63, 3.8) is 0 Å². The van der Waals surface area contributed by atoms with Gasteiger partial charge in [-0.25, -0.2) is 4.52 Å². The van der Waals surface area contributed by atoms with Crippen molar-refractivity contribution in [2.75, 3.05) is 0 Å². The number of benzene rings is 1. The highest BCUT2D eigenvalue weighted by Gasteiger charge is 2.38. The molecule has 2 unspecified atom stereocenters. The maximum atomic E-state index is 11.0. The minimum Gasteiger partial charge on any atom is -0.226 e. The molecule has 0 fully saturated rings. The van der Waals surface area contributed by atoms with E-state index in [9.17, 15) is 9.13 Å². The topological polar surface area (TPSA) is 122 Å². The third kappa shape index (κ3) is 3.90. The second kappa shape index (κ2) is 6.12. The highest BCUT2D eigenvalue weighted by molar-refractivity contribution is 7.47. The van der Waals surface area contributed by atoms with Crippen molar-refractivity contribution in [2.24, 2.45) is 5.11 Å². The van der Waals surface area contributed by atoms with Crippen LogP contribution >= 0.6 is 16.5 Å². The third-order valence-corrected chi connectivity index (χ3v) is 2.76. The summed E-state index contributed by atoms with van der Waals surface area (Å²) in [6.07, 6.45) is 0. The number of rotatable bonds is 5. The Morgan fingerprint density at radius 2 is 2.06 bits per heavy atom. The van der Waals surface area contributed by atoms with Crippen molar-refractivity contribution in [2.45, 2.75) is 0 Å². The van der Waals surface area contributed by atoms with Gasteiger partial charge in [0.1, 0.15) is 0 Å². The molecule has 2 atom stereocenters. The van der Waals surface area contributed by atoms with Crippen LogP contribution < -0.4 is 4.52 Å². The molecule has 82 valence electrons. The van der Waals surface area contributed by atoms with Crippen molar-refractivity contribution >= 4 is 22.2 Å². The first-order chi connectivity index (χ1) is 7.63. The number of para-hydroxylation sites is 1. The van der Waals surface area contributed by atoms with E-state index in [0.717, 1.165) is 0 Å². The fourth-order valence-corrected chi connectivity index (χ4v) is 1.72. The van der Waals surface area contributed by atoms with Crippen LogP contribution in [-0.2, 0) is 13.4 Å². The predicted octanol–water partition coefficient (Wildman–Crippen LogP) is 3.33. The first kappa shape index (κ1) is 12.5. The first-order valence-electron chi connectivity index (χ1n) is 3.77. The van der Waals surface area contributed by atoms with Crippen molar-refractivity contribution in [1.82, 2.24) is 0 Å². The van der Waals surface area contributed by atoms with E-state index in [1.807, 2.05) is 0 Å². The standard InChI is InChI=1S/C6H4N3O5P2/c7-9-8-5-3-1-2-4-6(5)13-16(12)14-15(10)11/h1-4H/q+1/p+1. The largest absolute Gasteiger partial charge is 0.800 e. The SMILES string of the molecule is [N-]=[N+]=Nc1ccccc1O[P+](=O)O[P+](=O)O. The van der Waals surface area contributed by atoms with Gasteiger partial charge in [0.05, 0.1) is 5.69 Å². The molecule has 1 aromatic rings. The van der Waals surface area contributed by atoms with Crippen molar-refractivity contribution in [3.8, 4) is 5.75 Å². The molecule has 0 radical (unpaired) electrons. The van der Waals surface area contributed by atoms with Gasteiger partial charge in [0.25, 0.3) is 0 Å². The molecule has 8 nitrogen and oxygen atoms in total. The van der Waals surface area contributed by atoms with Crippen LogP contribution in [-0.4, -0.2) is 4.89 Å². The average Bonchev–Trinajstić information content (AvgIpc) is 2.20. The third-order valence-electron chi connectivity index (χ3n) is 1.33. The fourth-order valence-electron chi connectivity index (χ4n) is 0.819. The molecule has 0 aliphatic carbocycles. The Morgan fingerprint density at radius 1 is 1.38 bits per heavy atom. The molecular weight excluding hydrogens is 256 g/mol. The zero-order valence-electron chi connectivity index (χ0n) is 7.63. The Labute approximate surface area is 91.3 Å². The molecule has 0 saturated heterocycles. The van der Waals surface area contributed by atoms with Gasteiger partial charge in [-0.1, -0.05) is 17.2 Å². The molecule has 0 saturated carbocycles. The molecule has 10 heteroatoms. The first-order valence-corrected chi connectivity index (χ1v) is 5.99. The van der Waals surface area contributed by atoms with Crippen LogP contribution in [0.15, 0.2) is 29.4 Å². The maximum Gasteiger partial charge on any atom is 0.800 e. The monoisotopic (exact) mass is 261 g/mol. The van der Waals surface area contributed by atoms with E-state index in [2.05, 4.69) is 18.9 Å². The van der Waals surface area contributed by atoms with E-state index in [0.29, 0.717) is 0 Å². The predicted molar refractivity (Wildman–Crippen MR) is 54.4 cm³/mol. The van der Waals surface area contributed by atoms with Gasteiger partial charge in [-0.3, -0.25) is 0 Å². The second-order valence-electron chi connectivity index (χ2n) is 2.29. The van der Waals surface area contributed by atoms with E-state index >= 15 is 0 Å². The summed E-state index contributed by atoms with van der Waals surface area (Å²) in [5, 5.41) is 3.27. The highest BCUT2D eigenvalue weighted by atomic mass is 31.2. The van der Waals surface area contributed by atoms with E-state index < -0.39 is 16.5 Å². The molecule has 1 aromatic carbocycles. The van der Waals surface area contributed by atoms with Gasteiger partial charge in [-0.15, -0.1) is 4.89 Å². The van der Waals surface area contributed by atoms with Crippen LogP contribution in [0, 0.1) is 0 Å². The van der Waals surface area contributed by atoms with E-state index in [1.54, 1.807) is 12.1 Å². The van der Waals surface area contributed by atoms with Gasteiger partial charge in [0.2, 0.25) is 0 Å². The summed E-state index contributed by atoms with van der Waals surface area (Å²) in [7, 11) is -5.81. The minimum atomic E-state index is -3.02. The smallest absolute Gasteiger partial charge is 0.226 e. The Bertz CT molecular complexity index is 473. The molecule has 0 spiro atoms. The number of hydrogen-bond acceptors (Lipinski definition) is 5. The average molecular weight is 261 g/mol. The van der Waals surface area contributed by atoms with Gasteiger partial charge in [0.15, 0.2) is 10.1 Å². The maximum absolute atomic E-state index is 11.0. The van der Waals surface area contributed by atoms with E-state index in [4.69, 9.17) is 10.4 Å². The summed E-state index contributed by atoms with van der Waals surface area (Å²) in [6, 6.07) is 5.94. The zero-order valence-corrected chi connectivity index (χ0v) is 9.41. The van der Waals surface area contributed by atoms with Crippen molar-refractivity contribution in [1.29, 1.82) is 0 Å². The molecule has 0 aromatic heterocycles. The Morgan fingerprint density at radius 3 is 2.69 bits per heavy atom. The van der Waals surface area contributed by atoms with Crippen LogP contribution in [0.4, 0.5) is 5.69 Å². The number of azide groups is 1. The number of hydrogen-bond donors (Lipinski definition) is 1. The molecule has 0 aliphatic heterocycles. The van der Waals surface area contributed by atoms with Gasteiger partial charge in [-0.05, 0) is 17.7 Å². The van der Waals surface area contributed by atoms with Crippen LogP contribution in [0.5, 0.6) is 5.75 Å². The summed E-state index contributed by atoms with van der Waals surface area (Å²) in [5.41, 5.74) is 8.34. The van der Waals surface area contributed by atoms with E-state index in [1.165, 1.54) is 12.1 Å². The molecule has 1 N–H and O–H groups in total. The van der Waals surface area contributed by atoms with Crippen LogP contribution in [0.3, 0.4) is 0 Å². The normalized spacial score (nSPS) is 11.3. The van der Waals surface area contributed by atoms with Crippen LogP contribution in [0.2, 0.25) is 0 Å². The van der Waals surface area contributed by atoms with Crippen molar-refractivity contribution < 1.29 is 22.9 Å². The van der Waals surface area contributed by atoms with Crippen LogP contribution in [0.1, 0.15) is 0 Å². The second-order valence-corrected chi connectivity index (χ2v) is 4.05. The molecule has 0 aliphatic rings. The van der Waals surface area contributed by atoms with Crippen molar-refractivity contribution in [3.05, 3.63) is 34.7 Å². The summed E-state index contributed by atoms with van der Waals surface area (Å²) in [6.45, 7) is 0. The van der Waals surface area contributed by atoms with Gasteiger partial charge in [-0.2, -0.15) is 0 Å². The van der Waals surface area contributed by atoms with Crippen LogP contribution in [0.25, 0.3) is 10.4 Å². The highest BCUT2D eigenvalue weighted by Crippen LogP contribution is 2.40. The molecule has 16 heavy (non-hydrogen) atoms. The molecule has 1 rings (SSSR count). The molecule has 0 heterocycles. The molecular formula is C6H5N3O5P2+2. The summed E-state index contributed by atoms with van der Waals surface area (Å²) >= 11 is 0. The Balaban J connectivity index is 2.84. The quantitative estimate of drug-likeness (QED) is 0.377. The summed E-state index contributed by atoms with van der Waals surface area (Å²) in [5.74, 6) is -0.00161. The minimum absolute atomic E-state index is 0.00161. The lowest BCUT2D eigenvalue weighted by Gasteiger charge is -1.94. The lowest BCUT2D eigenvalue weighted by Crippen LogP contribution is -1.82. The zero-order chi connectivity index (χ0) is 12.0. The molecule has 0 amide bonds. The van der Waals surface area contributed by atoms with E-state index in [-0.39, 0.29) is 11.4 Å². The van der Waals surface area contributed by atoms with Gasteiger partial charge >= 0.3 is 16.5 Å². The Hall–Kier alpha value is -1.55. The number of nitrogens with zero attached hydrogens (tertiary/aromatic N) is 3. The lowest BCUT2D eigenvalue weighted by atomic mass is 10.3. The van der Waals surface area contributed by atoms with Gasteiger partial charge < -0.3 is 0 Å².